The molecule has 4 nitrogen and oxygen atoms in total. The highest BCUT2D eigenvalue weighted by Crippen LogP contribution is 2.20. The van der Waals surface area contributed by atoms with Gasteiger partial charge in [-0.1, -0.05) is 30.9 Å². The maximum Gasteiger partial charge on any atom is 0.408 e. The SMILES string of the molecule is C#CC(CCC)Nc1cnn(CC(F)(F)F)c(=O)c1Cl. The summed E-state index contributed by atoms with van der Waals surface area (Å²) in [5.74, 6) is 2.46. The number of alkyl halides is 3. The summed E-state index contributed by atoms with van der Waals surface area (Å²) in [5.41, 5.74) is -0.882. The van der Waals surface area contributed by atoms with Gasteiger partial charge < -0.3 is 5.32 Å². The van der Waals surface area contributed by atoms with Gasteiger partial charge in [0.05, 0.1) is 17.9 Å². The van der Waals surface area contributed by atoms with E-state index in [1.807, 2.05) is 6.92 Å². The summed E-state index contributed by atoms with van der Waals surface area (Å²) in [6, 6.07) is -0.364. The van der Waals surface area contributed by atoms with Crippen LogP contribution in [0.2, 0.25) is 5.02 Å². The molecule has 8 heteroatoms. The van der Waals surface area contributed by atoms with Crippen LogP contribution in [-0.4, -0.2) is 22.0 Å². The molecule has 0 aliphatic carbocycles. The van der Waals surface area contributed by atoms with Crippen LogP contribution in [-0.2, 0) is 6.54 Å². The van der Waals surface area contributed by atoms with Gasteiger partial charge in [0, 0.05) is 0 Å². The minimum absolute atomic E-state index is 0.131. The minimum atomic E-state index is -4.54. The largest absolute Gasteiger partial charge is 0.408 e. The van der Waals surface area contributed by atoms with E-state index in [1.165, 1.54) is 0 Å². The molecular weight excluding hydrogens is 295 g/mol. The highest BCUT2D eigenvalue weighted by molar-refractivity contribution is 6.32. The molecule has 1 N–H and O–H groups in total. The first-order valence-corrected chi connectivity index (χ1v) is 6.21. The van der Waals surface area contributed by atoms with Crippen LogP contribution in [0.3, 0.4) is 0 Å². The Morgan fingerprint density at radius 2 is 2.25 bits per heavy atom. The molecule has 1 aromatic heterocycles. The quantitative estimate of drug-likeness (QED) is 0.851. The van der Waals surface area contributed by atoms with Gasteiger partial charge >= 0.3 is 6.18 Å². The van der Waals surface area contributed by atoms with Gasteiger partial charge in [-0.25, -0.2) is 4.68 Å². The standard InChI is InChI=1S/C12H13ClF3N3O/c1-3-5-8(4-2)18-9-6-17-19(7-12(14,15)16)11(20)10(9)13/h2,6,8,18H,3,5,7H2,1H3. The van der Waals surface area contributed by atoms with E-state index in [1.54, 1.807) is 0 Å². The monoisotopic (exact) mass is 307 g/mol. The Morgan fingerprint density at radius 1 is 1.60 bits per heavy atom. The van der Waals surface area contributed by atoms with Crippen LogP contribution in [0.1, 0.15) is 19.8 Å². The van der Waals surface area contributed by atoms with Crippen LogP contribution in [0.5, 0.6) is 0 Å². The lowest BCUT2D eigenvalue weighted by molar-refractivity contribution is -0.143. The number of nitrogens with one attached hydrogen (secondary N) is 1. The van der Waals surface area contributed by atoms with Gasteiger partial charge in [0.25, 0.3) is 5.56 Å². The molecule has 110 valence electrons. The lowest BCUT2D eigenvalue weighted by atomic mass is 10.2. The second kappa shape index (κ2) is 6.66. The lowest BCUT2D eigenvalue weighted by Gasteiger charge is -2.15. The Bertz CT molecular complexity index is 563. The Morgan fingerprint density at radius 3 is 2.75 bits per heavy atom. The number of hydrogen-bond donors (Lipinski definition) is 1. The summed E-state index contributed by atoms with van der Waals surface area (Å²) in [7, 11) is 0. The first-order chi connectivity index (χ1) is 9.28. The number of aromatic nitrogens is 2. The normalized spacial score (nSPS) is 12.8. The van der Waals surface area contributed by atoms with E-state index in [4.69, 9.17) is 18.0 Å². The summed E-state index contributed by atoms with van der Waals surface area (Å²) in [5, 5.41) is 5.88. The van der Waals surface area contributed by atoms with Gasteiger partial charge in [0.1, 0.15) is 11.6 Å². The number of rotatable bonds is 5. The number of hydrogen-bond acceptors (Lipinski definition) is 3. The Labute approximate surface area is 118 Å². The van der Waals surface area contributed by atoms with Gasteiger partial charge in [-0.2, -0.15) is 18.3 Å². The first kappa shape index (κ1) is 16.4. The molecule has 20 heavy (non-hydrogen) atoms. The number of halogens is 4. The molecule has 0 aromatic carbocycles. The molecule has 0 saturated carbocycles. The Balaban J connectivity index is 3.01. The molecule has 0 radical (unpaired) electrons. The first-order valence-electron chi connectivity index (χ1n) is 5.83. The molecule has 1 rings (SSSR count). The summed E-state index contributed by atoms with van der Waals surface area (Å²) in [6.45, 7) is 0.437. The van der Waals surface area contributed by atoms with Crippen molar-refractivity contribution in [2.24, 2.45) is 0 Å². The zero-order valence-corrected chi connectivity index (χ0v) is 11.4. The van der Waals surface area contributed by atoms with Crippen molar-refractivity contribution in [2.75, 3.05) is 5.32 Å². The molecule has 1 atom stereocenters. The number of terminal acetylenes is 1. The fourth-order valence-electron chi connectivity index (χ4n) is 1.52. The molecule has 1 unspecified atom stereocenters. The van der Waals surface area contributed by atoms with Gasteiger partial charge in [0.2, 0.25) is 0 Å². The molecule has 0 aliphatic rings. The molecule has 0 amide bonds. The van der Waals surface area contributed by atoms with E-state index < -0.39 is 18.3 Å². The smallest absolute Gasteiger partial charge is 0.369 e. The molecule has 0 fully saturated rings. The topological polar surface area (TPSA) is 46.9 Å². The molecule has 0 bridgehead atoms. The molecule has 0 aliphatic heterocycles. The second-order valence-electron chi connectivity index (χ2n) is 4.10. The van der Waals surface area contributed by atoms with Crippen molar-refractivity contribution in [1.82, 2.24) is 9.78 Å². The third-order valence-electron chi connectivity index (χ3n) is 2.42. The van der Waals surface area contributed by atoms with E-state index in [0.717, 1.165) is 12.6 Å². The van der Waals surface area contributed by atoms with Crippen molar-refractivity contribution < 1.29 is 13.2 Å². The Hall–Kier alpha value is -1.68. The fraction of sp³-hybridized carbons (Fsp3) is 0.500. The predicted molar refractivity (Wildman–Crippen MR) is 70.7 cm³/mol. The molecule has 0 saturated heterocycles. The third kappa shape index (κ3) is 4.46. The summed E-state index contributed by atoms with van der Waals surface area (Å²) >= 11 is 5.76. The summed E-state index contributed by atoms with van der Waals surface area (Å²) < 4.78 is 37.0. The van der Waals surface area contributed by atoms with E-state index in [2.05, 4.69) is 16.3 Å². The Kier molecular flexibility index (Phi) is 5.45. The number of nitrogens with zero attached hydrogens (tertiary/aromatic N) is 2. The van der Waals surface area contributed by atoms with Crippen molar-refractivity contribution in [3.8, 4) is 12.3 Å². The van der Waals surface area contributed by atoms with Crippen molar-refractivity contribution in [1.29, 1.82) is 0 Å². The van der Waals surface area contributed by atoms with Crippen molar-refractivity contribution in [3.05, 3.63) is 21.6 Å². The minimum Gasteiger partial charge on any atom is -0.369 e. The van der Waals surface area contributed by atoms with Crippen molar-refractivity contribution >= 4 is 17.3 Å². The van der Waals surface area contributed by atoms with Crippen LogP contribution < -0.4 is 10.9 Å². The van der Waals surface area contributed by atoms with Crippen LogP contribution in [0.4, 0.5) is 18.9 Å². The van der Waals surface area contributed by atoms with Gasteiger partial charge in [0.15, 0.2) is 0 Å². The fourth-order valence-corrected chi connectivity index (χ4v) is 1.72. The average Bonchev–Trinajstić information content (AvgIpc) is 2.36. The second-order valence-corrected chi connectivity index (χ2v) is 4.48. The highest BCUT2D eigenvalue weighted by Gasteiger charge is 2.29. The average molecular weight is 308 g/mol. The van der Waals surface area contributed by atoms with Crippen LogP contribution in [0.25, 0.3) is 0 Å². The maximum atomic E-state index is 12.2. The molecular formula is C12H13ClF3N3O. The van der Waals surface area contributed by atoms with Crippen LogP contribution >= 0.6 is 11.6 Å². The predicted octanol–water partition coefficient (Wildman–Crippen LogP) is 2.67. The summed E-state index contributed by atoms with van der Waals surface area (Å²) in [4.78, 5) is 11.7. The van der Waals surface area contributed by atoms with Gasteiger partial charge in [-0.3, -0.25) is 4.79 Å². The van der Waals surface area contributed by atoms with E-state index >= 15 is 0 Å². The molecule has 1 heterocycles. The van der Waals surface area contributed by atoms with E-state index in [0.29, 0.717) is 6.42 Å². The van der Waals surface area contributed by atoms with Crippen LogP contribution in [0.15, 0.2) is 11.0 Å². The molecule has 0 spiro atoms. The highest BCUT2D eigenvalue weighted by atomic mass is 35.5. The molecule has 1 aromatic rings. The van der Waals surface area contributed by atoms with E-state index in [9.17, 15) is 18.0 Å². The van der Waals surface area contributed by atoms with Crippen LogP contribution in [0, 0.1) is 12.3 Å². The third-order valence-corrected chi connectivity index (χ3v) is 2.79. The zero-order valence-electron chi connectivity index (χ0n) is 10.7. The van der Waals surface area contributed by atoms with E-state index in [-0.39, 0.29) is 21.4 Å². The van der Waals surface area contributed by atoms with Crippen molar-refractivity contribution in [3.63, 3.8) is 0 Å². The van der Waals surface area contributed by atoms with Gasteiger partial charge in [-0.05, 0) is 6.42 Å². The lowest BCUT2D eigenvalue weighted by Crippen LogP contribution is -2.31. The number of anilines is 1. The zero-order chi connectivity index (χ0) is 15.3. The van der Waals surface area contributed by atoms with Crippen molar-refractivity contribution in [2.45, 2.75) is 38.5 Å². The maximum absolute atomic E-state index is 12.2. The van der Waals surface area contributed by atoms with Gasteiger partial charge in [-0.15, -0.1) is 6.42 Å². The summed E-state index contributed by atoms with van der Waals surface area (Å²) in [6.07, 6.45) is 3.26.